The fourth-order valence-electron chi connectivity index (χ4n) is 2.80. The molecule has 0 radical (unpaired) electrons. The average Bonchev–Trinajstić information content (AvgIpc) is 3.15. The molecule has 0 saturated carbocycles. The molecule has 1 aromatic carbocycles. The molecule has 0 bridgehead atoms. The molecule has 3 rings (SSSR count). The van der Waals surface area contributed by atoms with Crippen LogP contribution in [0.15, 0.2) is 41.1 Å². The van der Waals surface area contributed by atoms with Crippen LogP contribution >= 0.6 is 0 Å². The molecule has 122 valence electrons. The number of aromatic nitrogens is 1. The van der Waals surface area contributed by atoms with E-state index >= 15 is 0 Å². The first-order chi connectivity index (χ1) is 11.3. The number of carbonyl (C=O) groups is 1. The molecule has 1 aliphatic heterocycles. The summed E-state index contributed by atoms with van der Waals surface area (Å²) in [5.74, 6) is 0.200. The Morgan fingerprint density at radius 3 is 2.61 bits per heavy atom. The van der Waals surface area contributed by atoms with Gasteiger partial charge in [-0.2, -0.15) is 0 Å². The number of hydrogen-bond acceptors (Lipinski definition) is 5. The van der Waals surface area contributed by atoms with E-state index in [-0.39, 0.29) is 18.2 Å². The Kier molecular flexibility index (Phi) is 4.92. The summed E-state index contributed by atoms with van der Waals surface area (Å²) < 4.78 is 4.65. The van der Waals surface area contributed by atoms with Crippen LogP contribution in [0, 0.1) is 5.92 Å². The Hall–Kier alpha value is -2.34. The van der Waals surface area contributed by atoms with Crippen molar-refractivity contribution in [3.63, 3.8) is 0 Å². The molecule has 0 atom stereocenters. The van der Waals surface area contributed by atoms with Crippen molar-refractivity contribution in [1.29, 1.82) is 0 Å². The summed E-state index contributed by atoms with van der Waals surface area (Å²) in [5.41, 5.74) is 2.51. The molecule has 2 aromatic rings. The first-order valence-corrected chi connectivity index (χ1v) is 7.89. The summed E-state index contributed by atoms with van der Waals surface area (Å²) in [6, 6.07) is 9.75. The maximum absolute atomic E-state index is 11.8. The molecule has 1 amide bonds. The van der Waals surface area contributed by atoms with E-state index < -0.39 is 0 Å². The normalized spacial score (nSPS) is 15.6. The highest BCUT2D eigenvalue weighted by Gasteiger charge is 2.18. The van der Waals surface area contributed by atoms with Gasteiger partial charge in [-0.15, -0.1) is 0 Å². The SMILES string of the molecule is O=C(NCc1ccc(N2CCC(CO)CC2)cc1)c1ccon1. The van der Waals surface area contributed by atoms with E-state index in [1.165, 1.54) is 18.0 Å². The molecule has 0 unspecified atom stereocenters. The van der Waals surface area contributed by atoms with Crippen molar-refractivity contribution < 1.29 is 14.4 Å². The number of nitrogens with one attached hydrogen (secondary N) is 1. The summed E-state index contributed by atoms with van der Waals surface area (Å²) in [6.07, 6.45) is 3.45. The molecule has 2 N–H and O–H groups in total. The Labute approximate surface area is 135 Å². The highest BCUT2D eigenvalue weighted by molar-refractivity contribution is 5.91. The lowest BCUT2D eigenvalue weighted by Crippen LogP contribution is -2.34. The molecule has 2 heterocycles. The van der Waals surface area contributed by atoms with Gasteiger partial charge >= 0.3 is 0 Å². The third-order valence-corrected chi connectivity index (χ3v) is 4.30. The van der Waals surface area contributed by atoms with Crippen LogP contribution in [0.25, 0.3) is 0 Å². The number of rotatable bonds is 5. The minimum Gasteiger partial charge on any atom is -0.396 e. The quantitative estimate of drug-likeness (QED) is 0.880. The van der Waals surface area contributed by atoms with Crippen LogP contribution in [-0.2, 0) is 6.54 Å². The number of amides is 1. The second kappa shape index (κ2) is 7.28. The van der Waals surface area contributed by atoms with Gasteiger partial charge in [0.1, 0.15) is 6.26 Å². The molecule has 0 aliphatic carbocycles. The fraction of sp³-hybridized carbons (Fsp3) is 0.412. The lowest BCUT2D eigenvalue weighted by molar-refractivity contribution is 0.0942. The van der Waals surface area contributed by atoms with E-state index in [2.05, 4.69) is 32.0 Å². The predicted octanol–water partition coefficient (Wildman–Crippen LogP) is 1.81. The van der Waals surface area contributed by atoms with E-state index in [1.54, 1.807) is 0 Å². The molecule has 6 heteroatoms. The van der Waals surface area contributed by atoms with E-state index in [0.717, 1.165) is 31.5 Å². The maximum atomic E-state index is 11.8. The Morgan fingerprint density at radius 1 is 1.26 bits per heavy atom. The van der Waals surface area contributed by atoms with E-state index in [9.17, 15) is 9.90 Å². The molecule has 1 aromatic heterocycles. The maximum Gasteiger partial charge on any atom is 0.273 e. The number of nitrogens with zero attached hydrogens (tertiary/aromatic N) is 2. The van der Waals surface area contributed by atoms with Crippen molar-refractivity contribution in [3.8, 4) is 0 Å². The minimum atomic E-state index is -0.242. The van der Waals surface area contributed by atoms with Gasteiger partial charge in [0.2, 0.25) is 0 Å². The van der Waals surface area contributed by atoms with Crippen molar-refractivity contribution in [1.82, 2.24) is 10.5 Å². The molecular weight excluding hydrogens is 294 g/mol. The Balaban J connectivity index is 1.52. The van der Waals surface area contributed by atoms with E-state index in [1.807, 2.05) is 12.1 Å². The lowest BCUT2D eigenvalue weighted by Gasteiger charge is -2.33. The first kappa shape index (κ1) is 15.6. The van der Waals surface area contributed by atoms with Crippen LogP contribution < -0.4 is 10.2 Å². The summed E-state index contributed by atoms with van der Waals surface area (Å²) in [5, 5.41) is 15.6. The van der Waals surface area contributed by atoms with E-state index in [0.29, 0.717) is 12.5 Å². The van der Waals surface area contributed by atoms with Crippen LogP contribution in [0.1, 0.15) is 28.9 Å². The summed E-state index contributed by atoms with van der Waals surface area (Å²) in [4.78, 5) is 14.1. The highest BCUT2D eigenvalue weighted by Crippen LogP contribution is 2.23. The smallest absolute Gasteiger partial charge is 0.273 e. The standard InChI is InChI=1S/C17H21N3O3/c21-12-14-5-8-20(9-6-14)15-3-1-13(2-4-15)11-18-17(22)16-7-10-23-19-16/h1-4,7,10,14,21H,5-6,8-9,11-12H2,(H,18,22). The molecule has 0 spiro atoms. The van der Waals surface area contributed by atoms with Crippen LogP contribution in [0.4, 0.5) is 5.69 Å². The van der Waals surface area contributed by atoms with Gasteiger partial charge in [-0.05, 0) is 36.5 Å². The number of aliphatic hydroxyl groups is 1. The van der Waals surface area contributed by atoms with Crippen LogP contribution in [0.3, 0.4) is 0 Å². The van der Waals surface area contributed by atoms with Crippen molar-refractivity contribution in [3.05, 3.63) is 47.9 Å². The number of benzene rings is 1. The summed E-state index contributed by atoms with van der Waals surface area (Å²) in [6.45, 7) is 2.71. The topological polar surface area (TPSA) is 78.6 Å². The first-order valence-electron chi connectivity index (χ1n) is 7.89. The Morgan fingerprint density at radius 2 is 2.00 bits per heavy atom. The lowest BCUT2D eigenvalue weighted by atomic mass is 9.97. The van der Waals surface area contributed by atoms with Crippen LogP contribution in [0.5, 0.6) is 0 Å². The van der Waals surface area contributed by atoms with E-state index in [4.69, 9.17) is 0 Å². The predicted molar refractivity (Wildman–Crippen MR) is 86.1 cm³/mol. The molecule has 23 heavy (non-hydrogen) atoms. The molecule has 1 aliphatic rings. The molecule has 6 nitrogen and oxygen atoms in total. The highest BCUT2D eigenvalue weighted by atomic mass is 16.5. The second-order valence-corrected chi connectivity index (χ2v) is 5.85. The number of carbonyl (C=O) groups excluding carboxylic acids is 1. The van der Waals surface area contributed by atoms with Gasteiger partial charge < -0.3 is 19.8 Å². The van der Waals surface area contributed by atoms with Gasteiger partial charge in [-0.3, -0.25) is 4.79 Å². The summed E-state index contributed by atoms with van der Waals surface area (Å²) in [7, 11) is 0. The number of hydrogen-bond donors (Lipinski definition) is 2. The summed E-state index contributed by atoms with van der Waals surface area (Å²) >= 11 is 0. The van der Waals surface area contributed by atoms with Crippen molar-refractivity contribution in [2.45, 2.75) is 19.4 Å². The van der Waals surface area contributed by atoms with Gasteiger partial charge in [0.15, 0.2) is 5.69 Å². The van der Waals surface area contributed by atoms with Crippen LogP contribution in [-0.4, -0.2) is 35.9 Å². The average molecular weight is 315 g/mol. The van der Waals surface area contributed by atoms with Gasteiger partial charge in [0, 0.05) is 38.0 Å². The third kappa shape index (κ3) is 3.90. The monoisotopic (exact) mass is 315 g/mol. The van der Waals surface area contributed by atoms with Gasteiger partial charge in [-0.25, -0.2) is 0 Å². The van der Waals surface area contributed by atoms with Crippen LogP contribution in [0.2, 0.25) is 0 Å². The van der Waals surface area contributed by atoms with Gasteiger partial charge in [0.05, 0.1) is 0 Å². The van der Waals surface area contributed by atoms with Gasteiger partial charge in [0.25, 0.3) is 5.91 Å². The number of anilines is 1. The number of aliphatic hydroxyl groups excluding tert-OH is 1. The van der Waals surface area contributed by atoms with Gasteiger partial charge in [-0.1, -0.05) is 17.3 Å². The van der Waals surface area contributed by atoms with Crippen molar-refractivity contribution in [2.75, 3.05) is 24.6 Å². The molecule has 1 fully saturated rings. The Bertz CT molecular complexity index is 617. The minimum absolute atomic E-state index is 0.242. The molecule has 1 saturated heterocycles. The second-order valence-electron chi connectivity index (χ2n) is 5.85. The number of piperidine rings is 1. The third-order valence-electron chi connectivity index (χ3n) is 4.30. The zero-order chi connectivity index (χ0) is 16.1. The zero-order valence-corrected chi connectivity index (χ0v) is 12.9. The fourth-order valence-corrected chi connectivity index (χ4v) is 2.80. The zero-order valence-electron chi connectivity index (χ0n) is 12.9. The molecular formula is C17H21N3O3. The largest absolute Gasteiger partial charge is 0.396 e. The van der Waals surface area contributed by atoms with Crippen molar-refractivity contribution in [2.24, 2.45) is 5.92 Å². The van der Waals surface area contributed by atoms with Crippen molar-refractivity contribution >= 4 is 11.6 Å².